The SMILES string of the molecule is N/C(CN1CCCC(c2cc(-c3ccc4c(c3)CC/C4=N\O)c(-c3ccncc3)o2)C1)=N\O. The lowest BCUT2D eigenvalue weighted by molar-refractivity contribution is 0.216. The third-order valence-electron chi connectivity index (χ3n) is 6.59. The van der Waals surface area contributed by atoms with Crippen LogP contribution in [0.25, 0.3) is 22.5 Å². The summed E-state index contributed by atoms with van der Waals surface area (Å²) in [6, 6.07) is 12.4. The van der Waals surface area contributed by atoms with Gasteiger partial charge in [-0.2, -0.15) is 0 Å². The van der Waals surface area contributed by atoms with Crippen LogP contribution in [-0.4, -0.2) is 51.5 Å². The van der Waals surface area contributed by atoms with E-state index >= 15 is 0 Å². The van der Waals surface area contributed by atoms with E-state index in [0.29, 0.717) is 6.54 Å². The number of furan rings is 1. The zero-order chi connectivity index (χ0) is 22.8. The summed E-state index contributed by atoms with van der Waals surface area (Å²) in [6.07, 6.45) is 7.20. The first-order valence-electron chi connectivity index (χ1n) is 11.2. The molecule has 1 aromatic carbocycles. The number of hydrogen-bond donors (Lipinski definition) is 3. The molecule has 1 unspecified atom stereocenters. The number of oxime groups is 2. The predicted molar refractivity (Wildman–Crippen MR) is 126 cm³/mol. The molecule has 1 aliphatic carbocycles. The number of benzene rings is 1. The van der Waals surface area contributed by atoms with E-state index in [1.54, 1.807) is 12.4 Å². The number of nitrogens with zero attached hydrogens (tertiary/aromatic N) is 4. The van der Waals surface area contributed by atoms with Crippen LogP contribution in [0.5, 0.6) is 0 Å². The van der Waals surface area contributed by atoms with Crippen LogP contribution in [0.1, 0.15) is 42.1 Å². The molecule has 8 nitrogen and oxygen atoms in total. The molecular formula is C25H27N5O3. The van der Waals surface area contributed by atoms with Crippen molar-refractivity contribution in [3.05, 3.63) is 65.7 Å². The Morgan fingerprint density at radius 2 is 1.94 bits per heavy atom. The number of amidine groups is 1. The Hall–Kier alpha value is -3.65. The Balaban J connectivity index is 1.52. The van der Waals surface area contributed by atoms with Gasteiger partial charge in [0.25, 0.3) is 0 Å². The lowest BCUT2D eigenvalue weighted by atomic mass is 9.93. The van der Waals surface area contributed by atoms with Gasteiger partial charge in [0, 0.05) is 41.5 Å². The van der Waals surface area contributed by atoms with Crippen molar-refractivity contribution in [2.75, 3.05) is 19.6 Å². The molecule has 5 rings (SSSR count). The average molecular weight is 446 g/mol. The Kier molecular flexibility index (Phi) is 5.83. The normalized spacial score (nSPS) is 20.3. The second-order valence-electron chi connectivity index (χ2n) is 8.71. The minimum Gasteiger partial charge on any atom is -0.460 e. The highest BCUT2D eigenvalue weighted by Gasteiger charge is 2.27. The lowest BCUT2D eigenvalue weighted by Crippen LogP contribution is -2.40. The van der Waals surface area contributed by atoms with Gasteiger partial charge in [-0.05, 0) is 61.6 Å². The monoisotopic (exact) mass is 445 g/mol. The van der Waals surface area contributed by atoms with Crippen LogP contribution < -0.4 is 5.73 Å². The number of fused-ring (bicyclic) bond motifs is 1. The van der Waals surface area contributed by atoms with Crippen molar-refractivity contribution >= 4 is 11.5 Å². The first-order valence-corrected chi connectivity index (χ1v) is 11.2. The molecule has 170 valence electrons. The van der Waals surface area contributed by atoms with Crippen molar-refractivity contribution in [3.63, 3.8) is 0 Å². The largest absolute Gasteiger partial charge is 0.460 e. The van der Waals surface area contributed by atoms with Crippen LogP contribution in [0.3, 0.4) is 0 Å². The van der Waals surface area contributed by atoms with Crippen LogP contribution in [0.15, 0.2) is 63.5 Å². The molecule has 2 aliphatic rings. The van der Waals surface area contributed by atoms with Crippen molar-refractivity contribution in [1.29, 1.82) is 0 Å². The van der Waals surface area contributed by atoms with Gasteiger partial charge < -0.3 is 20.6 Å². The van der Waals surface area contributed by atoms with Crippen molar-refractivity contribution in [2.24, 2.45) is 16.0 Å². The lowest BCUT2D eigenvalue weighted by Gasteiger charge is -2.31. The summed E-state index contributed by atoms with van der Waals surface area (Å²) >= 11 is 0. The van der Waals surface area contributed by atoms with Crippen molar-refractivity contribution in [1.82, 2.24) is 9.88 Å². The molecule has 2 aromatic heterocycles. The Morgan fingerprint density at radius 1 is 1.09 bits per heavy atom. The molecule has 1 saturated heterocycles. The number of nitrogens with two attached hydrogens (primary N) is 1. The van der Waals surface area contributed by atoms with E-state index in [-0.39, 0.29) is 11.8 Å². The summed E-state index contributed by atoms with van der Waals surface area (Å²) in [6.45, 7) is 2.15. The smallest absolute Gasteiger partial charge is 0.153 e. The Labute approximate surface area is 192 Å². The van der Waals surface area contributed by atoms with Crippen molar-refractivity contribution < 1.29 is 14.8 Å². The van der Waals surface area contributed by atoms with Crippen LogP contribution in [0, 0.1) is 0 Å². The highest BCUT2D eigenvalue weighted by Crippen LogP contribution is 2.40. The molecular weight excluding hydrogens is 418 g/mol. The Morgan fingerprint density at radius 3 is 2.73 bits per heavy atom. The maximum atomic E-state index is 9.27. The van der Waals surface area contributed by atoms with E-state index in [1.807, 2.05) is 18.2 Å². The number of pyridine rings is 1. The predicted octanol–water partition coefficient (Wildman–Crippen LogP) is 4.06. The molecule has 8 heteroatoms. The highest BCUT2D eigenvalue weighted by atomic mass is 16.4. The molecule has 3 heterocycles. The standard InChI is InChI=1S/C25H27N5O3/c26-24(29-32)15-30-11-1-2-19(14-30)23-13-21(25(33-23)16-7-9-27-10-8-16)18-3-5-20-17(12-18)4-6-22(20)28-31/h3,5,7-10,12-13,19,31-32H,1-2,4,6,11,14-15H2,(H2,26,29)/b28-22+. The van der Waals surface area contributed by atoms with Gasteiger partial charge in [0.15, 0.2) is 5.84 Å². The molecule has 0 saturated carbocycles. The molecule has 3 aromatic rings. The van der Waals surface area contributed by atoms with Crippen LogP contribution in [-0.2, 0) is 6.42 Å². The van der Waals surface area contributed by atoms with Gasteiger partial charge in [0.1, 0.15) is 11.5 Å². The first kappa shape index (κ1) is 21.2. The Bertz CT molecular complexity index is 1200. The minimum atomic E-state index is 0.220. The van der Waals surface area contributed by atoms with Gasteiger partial charge in [0.05, 0.1) is 12.3 Å². The second kappa shape index (κ2) is 9.07. The molecule has 0 spiro atoms. The van der Waals surface area contributed by atoms with Gasteiger partial charge in [-0.25, -0.2) is 0 Å². The van der Waals surface area contributed by atoms with E-state index in [1.165, 1.54) is 5.56 Å². The van der Waals surface area contributed by atoms with Crippen LogP contribution in [0.4, 0.5) is 0 Å². The molecule has 1 fully saturated rings. The number of piperidine rings is 1. The number of rotatable bonds is 5. The molecule has 0 amide bonds. The molecule has 1 aliphatic heterocycles. The molecule has 33 heavy (non-hydrogen) atoms. The summed E-state index contributed by atoms with van der Waals surface area (Å²) in [5.74, 6) is 2.22. The summed E-state index contributed by atoms with van der Waals surface area (Å²) < 4.78 is 6.51. The number of hydrogen-bond acceptors (Lipinski definition) is 7. The average Bonchev–Trinajstić information content (AvgIpc) is 3.49. The van der Waals surface area contributed by atoms with Crippen LogP contribution in [0.2, 0.25) is 0 Å². The third-order valence-corrected chi connectivity index (χ3v) is 6.59. The highest BCUT2D eigenvalue weighted by molar-refractivity contribution is 6.04. The van der Waals surface area contributed by atoms with Gasteiger partial charge in [-0.3, -0.25) is 9.88 Å². The van der Waals surface area contributed by atoms with Crippen molar-refractivity contribution in [2.45, 2.75) is 31.6 Å². The number of aromatic nitrogens is 1. The topological polar surface area (TPSA) is 120 Å². The van der Waals surface area contributed by atoms with Gasteiger partial charge in [-0.1, -0.05) is 28.5 Å². The number of likely N-dealkylation sites (tertiary alicyclic amines) is 1. The van der Waals surface area contributed by atoms with E-state index in [0.717, 1.165) is 78.3 Å². The fourth-order valence-electron chi connectivity index (χ4n) is 4.98. The maximum absolute atomic E-state index is 9.27. The summed E-state index contributed by atoms with van der Waals surface area (Å²) in [4.78, 5) is 6.35. The minimum absolute atomic E-state index is 0.220. The third kappa shape index (κ3) is 4.21. The second-order valence-corrected chi connectivity index (χ2v) is 8.71. The van der Waals surface area contributed by atoms with E-state index in [4.69, 9.17) is 15.4 Å². The zero-order valence-electron chi connectivity index (χ0n) is 18.3. The molecule has 0 bridgehead atoms. The van der Waals surface area contributed by atoms with E-state index < -0.39 is 0 Å². The fourth-order valence-corrected chi connectivity index (χ4v) is 4.98. The summed E-state index contributed by atoms with van der Waals surface area (Å²) in [5, 5.41) is 24.8. The van der Waals surface area contributed by atoms with Crippen LogP contribution >= 0.6 is 0 Å². The summed E-state index contributed by atoms with van der Waals surface area (Å²) in [5.41, 5.74) is 11.8. The molecule has 1 atom stereocenters. The fraction of sp³-hybridized carbons (Fsp3) is 0.320. The van der Waals surface area contributed by atoms with Crippen molar-refractivity contribution in [3.8, 4) is 22.5 Å². The molecule has 0 radical (unpaired) electrons. The molecule has 4 N–H and O–H groups in total. The summed E-state index contributed by atoms with van der Waals surface area (Å²) in [7, 11) is 0. The van der Waals surface area contributed by atoms with E-state index in [2.05, 4.69) is 38.4 Å². The maximum Gasteiger partial charge on any atom is 0.153 e. The zero-order valence-corrected chi connectivity index (χ0v) is 18.3. The van der Waals surface area contributed by atoms with E-state index in [9.17, 15) is 5.21 Å². The van der Waals surface area contributed by atoms with Gasteiger partial charge in [-0.15, -0.1) is 0 Å². The first-order chi connectivity index (χ1) is 16.2. The number of aryl methyl sites for hydroxylation is 1. The van der Waals surface area contributed by atoms with Gasteiger partial charge >= 0.3 is 0 Å². The quantitative estimate of drug-likeness (QED) is 0.236. The van der Waals surface area contributed by atoms with Gasteiger partial charge in [0.2, 0.25) is 0 Å².